The van der Waals surface area contributed by atoms with E-state index >= 15 is 0 Å². The summed E-state index contributed by atoms with van der Waals surface area (Å²) in [7, 11) is 0. The predicted molar refractivity (Wildman–Crippen MR) is 65.8 cm³/mol. The van der Waals surface area contributed by atoms with E-state index in [2.05, 4.69) is 15.1 Å². The maximum atomic E-state index is 6.04. The van der Waals surface area contributed by atoms with Gasteiger partial charge in [-0.05, 0) is 20.3 Å². The van der Waals surface area contributed by atoms with E-state index in [-0.39, 0.29) is 0 Å². The minimum atomic E-state index is -0.552. The summed E-state index contributed by atoms with van der Waals surface area (Å²) < 4.78 is 5.19. The molecular formula is C11H16N4OS. The van der Waals surface area contributed by atoms with Crippen molar-refractivity contribution in [3.8, 4) is 0 Å². The van der Waals surface area contributed by atoms with Crippen molar-refractivity contribution in [2.75, 3.05) is 0 Å². The molecule has 0 aliphatic rings. The normalized spacial score (nSPS) is 14.8. The van der Waals surface area contributed by atoms with Crippen LogP contribution in [0, 0.1) is 6.92 Å². The lowest BCUT2D eigenvalue weighted by Gasteiger charge is -2.16. The lowest BCUT2D eigenvalue weighted by molar-refractivity contribution is 0.290. The van der Waals surface area contributed by atoms with Crippen LogP contribution < -0.4 is 5.73 Å². The minimum absolute atomic E-state index is 0.489. The van der Waals surface area contributed by atoms with Crippen molar-refractivity contribution in [2.45, 2.75) is 39.2 Å². The second kappa shape index (κ2) is 4.54. The Morgan fingerprint density at radius 3 is 2.82 bits per heavy atom. The molecule has 17 heavy (non-hydrogen) atoms. The molecule has 0 spiro atoms. The number of rotatable bonds is 4. The zero-order chi connectivity index (χ0) is 12.5. The molecule has 2 rings (SSSR count). The Balaban J connectivity index is 2.14. The number of nitrogens with zero attached hydrogens (tertiary/aromatic N) is 3. The van der Waals surface area contributed by atoms with Crippen molar-refractivity contribution in [2.24, 2.45) is 5.73 Å². The number of aromatic nitrogens is 3. The minimum Gasteiger partial charge on any atom is -0.337 e. The number of nitrogens with two attached hydrogens (primary N) is 1. The zero-order valence-electron chi connectivity index (χ0n) is 10.2. The maximum Gasteiger partial charge on any atom is 0.246 e. The molecule has 5 nitrogen and oxygen atoms in total. The average molecular weight is 252 g/mol. The Morgan fingerprint density at radius 2 is 2.24 bits per heavy atom. The Labute approximate surface area is 104 Å². The molecule has 0 aliphatic carbocycles. The van der Waals surface area contributed by atoms with Crippen molar-refractivity contribution >= 4 is 11.3 Å². The Hall–Kier alpha value is -1.27. The van der Waals surface area contributed by atoms with E-state index in [1.54, 1.807) is 11.3 Å². The molecular weight excluding hydrogens is 236 g/mol. The molecule has 0 amide bonds. The van der Waals surface area contributed by atoms with Crippen molar-refractivity contribution in [3.05, 3.63) is 27.8 Å². The van der Waals surface area contributed by atoms with Crippen LogP contribution in [-0.4, -0.2) is 15.1 Å². The van der Waals surface area contributed by atoms with Crippen molar-refractivity contribution in [1.29, 1.82) is 0 Å². The highest BCUT2D eigenvalue weighted by atomic mass is 32.1. The van der Waals surface area contributed by atoms with Gasteiger partial charge >= 0.3 is 0 Å². The molecule has 2 aromatic heterocycles. The summed E-state index contributed by atoms with van der Waals surface area (Å²) in [5.41, 5.74) is 6.51. The Kier molecular flexibility index (Phi) is 3.26. The summed E-state index contributed by atoms with van der Waals surface area (Å²) in [6.45, 7) is 5.85. The van der Waals surface area contributed by atoms with Gasteiger partial charge in [-0.3, -0.25) is 0 Å². The van der Waals surface area contributed by atoms with Gasteiger partial charge in [0.15, 0.2) is 5.82 Å². The molecule has 2 N–H and O–H groups in total. The fourth-order valence-corrected chi connectivity index (χ4v) is 2.10. The summed E-state index contributed by atoms with van der Waals surface area (Å²) >= 11 is 1.60. The third kappa shape index (κ3) is 2.70. The molecule has 0 saturated carbocycles. The van der Waals surface area contributed by atoms with Crippen molar-refractivity contribution < 1.29 is 4.52 Å². The number of thiazole rings is 1. The molecule has 1 unspecified atom stereocenters. The van der Waals surface area contributed by atoms with Gasteiger partial charge in [0, 0.05) is 11.1 Å². The van der Waals surface area contributed by atoms with E-state index in [0.29, 0.717) is 18.1 Å². The predicted octanol–water partition coefficient (Wildman–Crippen LogP) is 2.01. The van der Waals surface area contributed by atoms with Gasteiger partial charge in [0.2, 0.25) is 5.89 Å². The summed E-state index contributed by atoms with van der Waals surface area (Å²) in [4.78, 5) is 8.68. The molecule has 0 bridgehead atoms. The first-order chi connectivity index (χ1) is 8.01. The van der Waals surface area contributed by atoms with Gasteiger partial charge in [-0.2, -0.15) is 4.98 Å². The molecule has 1 atom stereocenters. The van der Waals surface area contributed by atoms with Gasteiger partial charge in [-0.25, -0.2) is 4.98 Å². The monoisotopic (exact) mass is 252 g/mol. The second-order valence-electron chi connectivity index (χ2n) is 4.35. The molecule has 92 valence electrons. The SMILES string of the molecule is CCC(C)(N)c1nc(Cc2nc(C)cs2)no1. The van der Waals surface area contributed by atoms with Crippen LogP contribution in [0.1, 0.15) is 42.7 Å². The van der Waals surface area contributed by atoms with Crippen LogP contribution in [-0.2, 0) is 12.0 Å². The first-order valence-corrected chi connectivity index (χ1v) is 6.42. The van der Waals surface area contributed by atoms with Gasteiger partial charge in [0.05, 0.1) is 12.0 Å². The molecule has 2 heterocycles. The van der Waals surface area contributed by atoms with Crippen molar-refractivity contribution in [1.82, 2.24) is 15.1 Å². The molecule has 0 fully saturated rings. The van der Waals surface area contributed by atoms with Crippen LogP contribution in [0.3, 0.4) is 0 Å². The van der Waals surface area contributed by atoms with Crippen molar-refractivity contribution in [3.63, 3.8) is 0 Å². The summed E-state index contributed by atoms with van der Waals surface area (Å²) in [5, 5.41) is 6.94. The van der Waals surface area contributed by atoms with E-state index in [1.807, 2.05) is 26.2 Å². The first-order valence-electron chi connectivity index (χ1n) is 5.54. The second-order valence-corrected chi connectivity index (χ2v) is 5.29. The largest absolute Gasteiger partial charge is 0.337 e. The quantitative estimate of drug-likeness (QED) is 0.900. The topological polar surface area (TPSA) is 77.8 Å². The third-order valence-corrected chi connectivity index (χ3v) is 3.63. The molecule has 0 aliphatic heterocycles. The Bertz CT molecular complexity index is 503. The third-order valence-electron chi connectivity index (χ3n) is 2.67. The molecule has 0 aromatic carbocycles. The fourth-order valence-electron chi connectivity index (χ4n) is 1.33. The lowest BCUT2D eigenvalue weighted by atomic mass is 10.0. The van der Waals surface area contributed by atoms with Crippen LogP contribution >= 0.6 is 11.3 Å². The van der Waals surface area contributed by atoms with Crippen LogP contribution in [0.4, 0.5) is 0 Å². The smallest absolute Gasteiger partial charge is 0.246 e. The number of hydrogen-bond donors (Lipinski definition) is 1. The summed E-state index contributed by atoms with van der Waals surface area (Å²) in [6.07, 6.45) is 1.35. The average Bonchev–Trinajstić information content (AvgIpc) is 2.89. The fraction of sp³-hybridized carbons (Fsp3) is 0.545. The van der Waals surface area contributed by atoms with Gasteiger partial charge < -0.3 is 10.3 Å². The standard InChI is InChI=1S/C11H16N4OS/c1-4-11(3,12)10-14-8(15-16-10)5-9-13-7(2)6-17-9/h6H,4-5,12H2,1-3H3. The highest BCUT2D eigenvalue weighted by Gasteiger charge is 2.26. The molecule has 6 heteroatoms. The number of hydrogen-bond acceptors (Lipinski definition) is 6. The summed E-state index contributed by atoms with van der Waals surface area (Å²) in [6, 6.07) is 0. The van der Waals surface area contributed by atoms with E-state index in [0.717, 1.165) is 17.1 Å². The van der Waals surface area contributed by atoms with Crippen LogP contribution in [0.2, 0.25) is 0 Å². The van der Waals surface area contributed by atoms with Gasteiger partial charge in [-0.1, -0.05) is 12.1 Å². The van der Waals surface area contributed by atoms with Gasteiger partial charge in [0.25, 0.3) is 0 Å². The molecule has 2 aromatic rings. The number of aryl methyl sites for hydroxylation is 1. The van der Waals surface area contributed by atoms with E-state index < -0.39 is 5.54 Å². The van der Waals surface area contributed by atoms with Crippen LogP contribution in [0.25, 0.3) is 0 Å². The van der Waals surface area contributed by atoms with E-state index in [4.69, 9.17) is 10.3 Å². The van der Waals surface area contributed by atoms with Crippen LogP contribution in [0.15, 0.2) is 9.90 Å². The van der Waals surface area contributed by atoms with E-state index in [1.165, 1.54) is 0 Å². The highest BCUT2D eigenvalue weighted by Crippen LogP contribution is 2.20. The molecule has 0 radical (unpaired) electrons. The Morgan fingerprint density at radius 1 is 1.47 bits per heavy atom. The summed E-state index contributed by atoms with van der Waals surface area (Å²) in [5.74, 6) is 1.13. The highest BCUT2D eigenvalue weighted by molar-refractivity contribution is 7.09. The maximum absolute atomic E-state index is 6.04. The van der Waals surface area contributed by atoms with Gasteiger partial charge in [0.1, 0.15) is 5.01 Å². The van der Waals surface area contributed by atoms with E-state index in [9.17, 15) is 0 Å². The zero-order valence-corrected chi connectivity index (χ0v) is 11.0. The molecule has 0 saturated heterocycles. The first kappa shape index (κ1) is 12.2. The van der Waals surface area contributed by atoms with Gasteiger partial charge in [-0.15, -0.1) is 11.3 Å². The van der Waals surface area contributed by atoms with Crippen LogP contribution in [0.5, 0.6) is 0 Å². The lowest BCUT2D eigenvalue weighted by Crippen LogP contribution is -2.32.